The Labute approximate surface area is 127 Å². The zero-order chi connectivity index (χ0) is 15.2. The Balaban J connectivity index is 1.95. The zero-order valence-corrected chi connectivity index (χ0v) is 13.3. The molecule has 4 heteroatoms. The fourth-order valence-electron chi connectivity index (χ4n) is 3.19. The largest absolute Gasteiger partial charge is 0.493 e. The number of ether oxygens (including phenoxy) is 2. The maximum absolute atomic E-state index is 9.39. The second kappa shape index (κ2) is 7.66. The van der Waals surface area contributed by atoms with Crippen molar-refractivity contribution in [3.05, 3.63) is 23.8 Å². The van der Waals surface area contributed by atoms with Gasteiger partial charge in [0.25, 0.3) is 0 Å². The van der Waals surface area contributed by atoms with Crippen LogP contribution in [0.1, 0.15) is 37.8 Å². The average molecular weight is 293 g/mol. The van der Waals surface area contributed by atoms with Crippen LogP contribution in [0.3, 0.4) is 0 Å². The summed E-state index contributed by atoms with van der Waals surface area (Å²) in [6, 6.07) is 6.29. The first kappa shape index (κ1) is 16.1. The highest BCUT2D eigenvalue weighted by Crippen LogP contribution is 2.32. The molecule has 1 fully saturated rings. The second-order valence-electron chi connectivity index (χ2n) is 5.88. The summed E-state index contributed by atoms with van der Waals surface area (Å²) in [6.45, 7) is 3.43. The van der Waals surface area contributed by atoms with Gasteiger partial charge in [-0.1, -0.05) is 12.5 Å². The number of nitrogens with one attached hydrogen (secondary N) is 1. The molecule has 4 nitrogen and oxygen atoms in total. The van der Waals surface area contributed by atoms with Gasteiger partial charge in [0, 0.05) is 12.6 Å². The minimum atomic E-state index is 0.254. The van der Waals surface area contributed by atoms with Crippen LogP contribution in [0.5, 0.6) is 11.5 Å². The molecule has 3 unspecified atom stereocenters. The topological polar surface area (TPSA) is 50.7 Å². The molecule has 0 bridgehead atoms. The van der Waals surface area contributed by atoms with Gasteiger partial charge in [-0.05, 0) is 55.8 Å². The summed E-state index contributed by atoms with van der Waals surface area (Å²) in [6.07, 6.45) is 3.62. The lowest BCUT2D eigenvalue weighted by molar-refractivity contribution is 0.190. The van der Waals surface area contributed by atoms with Crippen molar-refractivity contribution in [1.29, 1.82) is 0 Å². The molecule has 0 heterocycles. The van der Waals surface area contributed by atoms with Gasteiger partial charge in [-0.2, -0.15) is 0 Å². The van der Waals surface area contributed by atoms with Crippen LogP contribution in [0, 0.1) is 11.8 Å². The molecular formula is C17H27NO3. The first-order chi connectivity index (χ1) is 10.2. The van der Waals surface area contributed by atoms with Crippen molar-refractivity contribution in [1.82, 2.24) is 5.32 Å². The van der Waals surface area contributed by atoms with Gasteiger partial charge in [0.15, 0.2) is 11.5 Å². The van der Waals surface area contributed by atoms with E-state index in [2.05, 4.69) is 18.3 Å². The Morgan fingerprint density at radius 3 is 2.57 bits per heavy atom. The molecule has 0 aliphatic heterocycles. The van der Waals surface area contributed by atoms with E-state index in [0.29, 0.717) is 18.4 Å². The van der Waals surface area contributed by atoms with Crippen molar-refractivity contribution < 1.29 is 14.6 Å². The summed E-state index contributed by atoms with van der Waals surface area (Å²) in [5.74, 6) is 2.58. The summed E-state index contributed by atoms with van der Waals surface area (Å²) < 4.78 is 10.6. The van der Waals surface area contributed by atoms with Crippen molar-refractivity contribution >= 4 is 0 Å². The fourth-order valence-corrected chi connectivity index (χ4v) is 3.19. The van der Waals surface area contributed by atoms with Crippen LogP contribution in [0.25, 0.3) is 0 Å². The van der Waals surface area contributed by atoms with Crippen LogP contribution in [0.4, 0.5) is 0 Å². The summed E-state index contributed by atoms with van der Waals surface area (Å²) >= 11 is 0. The number of aliphatic hydroxyl groups excluding tert-OH is 1. The Morgan fingerprint density at radius 1 is 1.19 bits per heavy atom. The molecule has 21 heavy (non-hydrogen) atoms. The van der Waals surface area contributed by atoms with E-state index in [1.165, 1.54) is 18.4 Å². The molecule has 1 aromatic rings. The number of hydrogen-bond acceptors (Lipinski definition) is 4. The van der Waals surface area contributed by atoms with Crippen LogP contribution >= 0.6 is 0 Å². The number of rotatable bonds is 7. The normalized spacial score (nSPS) is 23.0. The van der Waals surface area contributed by atoms with E-state index < -0.39 is 0 Å². The summed E-state index contributed by atoms with van der Waals surface area (Å²) in [4.78, 5) is 0. The van der Waals surface area contributed by atoms with E-state index in [1.54, 1.807) is 14.2 Å². The molecule has 0 spiro atoms. The Bertz CT molecular complexity index is 450. The van der Waals surface area contributed by atoms with Gasteiger partial charge in [0.1, 0.15) is 0 Å². The van der Waals surface area contributed by atoms with Crippen LogP contribution in [-0.2, 0) is 0 Å². The Morgan fingerprint density at radius 2 is 1.90 bits per heavy atom. The zero-order valence-electron chi connectivity index (χ0n) is 13.3. The number of benzene rings is 1. The molecule has 1 aromatic carbocycles. The lowest BCUT2D eigenvalue weighted by atomic mass is 9.96. The number of aliphatic hydroxyl groups is 1. The van der Waals surface area contributed by atoms with Gasteiger partial charge in [-0.25, -0.2) is 0 Å². The van der Waals surface area contributed by atoms with Gasteiger partial charge in [-0.3, -0.25) is 0 Å². The van der Waals surface area contributed by atoms with E-state index in [9.17, 15) is 5.11 Å². The first-order valence-corrected chi connectivity index (χ1v) is 7.75. The van der Waals surface area contributed by atoms with Gasteiger partial charge < -0.3 is 19.9 Å². The standard InChI is InChI=1S/C17H27NO3/c1-12(18-10-14-5-4-6-15(14)11-19)13-7-8-16(20-2)17(9-13)21-3/h7-9,12,14-15,18-19H,4-6,10-11H2,1-3H3. The van der Waals surface area contributed by atoms with Crippen LogP contribution in [-0.4, -0.2) is 32.5 Å². The summed E-state index contributed by atoms with van der Waals surface area (Å²) in [7, 11) is 3.30. The van der Waals surface area contributed by atoms with Crippen molar-refractivity contribution in [2.24, 2.45) is 11.8 Å². The van der Waals surface area contributed by atoms with Gasteiger partial charge in [-0.15, -0.1) is 0 Å². The predicted molar refractivity (Wildman–Crippen MR) is 83.9 cm³/mol. The Kier molecular flexibility index (Phi) is 5.88. The molecule has 2 rings (SSSR count). The highest BCUT2D eigenvalue weighted by Gasteiger charge is 2.26. The third-order valence-corrected chi connectivity index (χ3v) is 4.64. The van der Waals surface area contributed by atoms with E-state index in [0.717, 1.165) is 24.5 Å². The van der Waals surface area contributed by atoms with Gasteiger partial charge >= 0.3 is 0 Å². The monoisotopic (exact) mass is 293 g/mol. The lowest BCUT2D eigenvalue weighted by Gasteiger charge is -2.22. The first-order valence-electron chi connectivity index (χ1n) is 7.75. The summed E-state index contributed by atoms with van der Waals surface area (Å²) in [5.41, 5.74) is 1.19. The molecule has 118 valence electrons. The molecule has 0 aromatic heterocycles. The van der Waals surface area contributed by atoms with Gasteiger partial charge in [0.05, 0.1) is 14.2 Å². The van der Waals surface area contributed by atoms with E-state index in [1.807, 2.05) is 12.1 Å². The maximum Gasteiger partial charge on any atom is 0.161 e. The predicted octanol–water partition coefficient (Wildman–Crippen LogP) is 2.76. The Hall–Kier alpha value is -1.26. The molecule has 0 amide bonds. The molecule has 1 aliphatic rings. The number of methoxy groups -OCH3 is 2. The van der Waals surface area contributed by atoms with E-state index in [4.69, 9.17) is 9.47 Å². The maximum atomic E-state index is 9.39. The third kappa shape index (κ3) is 3.89. The van der Waals surface area contributed by atoms with Crippen LogP contribution in [0.2, 0.25) is 0 Å². The third-order valence-electron chi connectivity index (χ3n) is 4.64. The quantitative estimate of drug-likeness (QED) is 0.811. The minimum Gasteiger partial charge on any atom is -0.493 e. The molecule has 0 saturated heterocycles. The number of hydrogen-bond donors (Lipinski definition) is 2. The smallest absolute Gasteiger partial charge is 0.161 e. The van der Waals surface area contributed by atoms with Crippen molar-refractivity contribution in [2.45, 2.75) is 32.2 Å². The van der Waals surface area contributed by atoms with E-state index >= 15 is 0 Å². The van der Waals surface area contributed by atoms with Crippen molar-refractivity contribution in [2.75, 3.05) is 27.4 Å². The van der Waals surface area contributed by atoms with Gasteiger partial charge in [0.2, 0.25) is 0 Å². The highest BCUT2D eigenvalue weighted by molar-refractivity contribution is 5.43. The van der Waals surface area contributed by atoms with E-state index in [-0.39, 0.29) is 6.04 Å². The molecule has 1 saturated carbocycles. The highest BCUT2D eigenvalue weighted by atomic mass is 16.5. The van der Waals surface area contributed by atoms with Crippen molar-refractivity contribution in [3.8, 4) is 11.5 Å². The average Bonchev–Trinajstić information content (AvgIpc) is 2.99. The minimum absolute atomic E-state index is 0.254. The molecule has 3 atom stereocenters. The van der Waals surface area contributed by atoms with Crippen LogP contribution < -0.4 is 14.8 Å². The van der Waals surface area contributed by atoms with Crippen molar-refractivity contribution in [3.63, 3.8) is 0 Å². The SMILES string of the molecule is COc1ccc(C(C)NCC2CCCC2CO)cc1OC. The summed E-state index contributed by atoms with van der Waals surface area (Å²) in [5, 5.41) is 13.0. The second-order valence-corrected chi connectivity index (χ2v) is 5.88. The van der Waals surface area contributed by atoms with Crippen LogP contribution in [0.15, 0.2) is 18.2 Å². The molecule has 2 N–H and O–H groups in total. The fraction of sp³-hybridized carbons (Fsp3) is 0.647. The molecule has 1 aliphatic carbocycles. The molecule has 0 radical (unpaired) electrons. The lowest BCUT2D eigenvalue weighted by Crippen LogP contribution is -2.28. The molecular weight excluding hydrogens is 266 g/mol.